The number of likely N-dealkylation sites (tertiary alicyclic amines) is 1. The molecule has 2 aliphatic heterocycles. The van der Waals surface area contributed by atoms with E-state index < -0.39 is 17.7 Å². The number of ketones is 1. The average molecular weight is 557 g/mol. The van der Waals surface area contributed by atoms with Crippen molar-refractivity contribution in [3.8, 4) is 11.5 Å². The highest BCUT2D eigenvalue weighted by Crippen LogP contribution is 2.42. The molecule has 2 aliphatic rings. The summed E-state index contributed by atoms with van der Waals surface area (Å²) in [6.45, 7) is 6.91. The van der Waals surface area contributed by atoms with Gasteiger partial charge in [-0.05, 0) is 36.6 Å². The van der Waals surface area contributed by atoms with Crippen LogP contribution < -0.4 is 9.47 Å². The minimum atomic E-state index is -0.762. The molecule has 0 saturated carbocycles. The highest BCUT2D eigenvalue weighted by atomic mass is 16.5. The number of Topliss-reactive ketones (excluding diaryl/α,β-unsaturated/α-hetero) is 1. The number of aliphatic hydroxyl groups excluding tert-OH is 1. The first-order valence-corrected chi connectivity index (χ1v) is 14.1. The summed E-state index contributed by atoms with van der Waals surface area (Å²) in [5.41, 5.74) is 2.25. The highest BCUT2D eigenvalue weighted by molar-refractivity contribution is 6.46. The lowest BCUT2D eigenvalue weighted by Crippen LogP contribution is -2.39. The Morgan fingerprint density at radius 2 is 1.61 bits per heavy atom. The van der Waals surface area contributed by atoms with E-state index in [0.717, 1.165) is 25.2 Å². The molecule has 1 N–H and O–H groups in total. The minimum Gasteiger partial charge on any atom is -0.507 e. The molecule has 0 aromatic heterocycles. The number of nitrogens with zero attached hydrogens (tertiary/aromatic N) is 2. The van der Waals surface area contributed by atoms with Crippen molar-refractivity contribution in [1.29, 1.82) is 0 Å². The summed E-state index contributed by atoms with van der Waals surface area (Å²) in [7, 11) is 0. The summed E-state index contributed by atoms with van der Waals surface area (Å²) < 4.78 is 17.5. The first-order chi connectivity index (χ1) is 20.1. The van der Waals surface area contributed by atoms with E-state index in [0.29, 0.717) is 62.0 Å². The zero-order chi connectivity index (χ0) is 28.6. The first-order valence-electron chi connectivity index (χ1n) is 14.1. The van der Waals surface area contributed by atoms with Gasteiger partial charge < -0.3 is 24.2 Å². The maximum absolute atomic E-state index is 13.4. The molecular formula is C33H36N2O6. The predicted octanol–water partition coefficient (Wildman–Crippen LogP) is 4.81. The smallest absolute Gasteiger partial charge is 0.295 e. The summed E-state index contributed by atoms with van der Waals surface area (Å²) in [5.74, 6) is -0.416. The molecule has 1 unspecified atom stereocenters. The van der Waals surface area contributed by atoms with Gasteiger partial charge in [0.15, 0.2) is 11.5 Å². The molecule has 1 atom stereocenters. The van der Waals surface area contributed by atoms with Gasteiger partial charge in [0, 0.05) is 31.7 Å². The molecule has 41 heavy (non-hydrogen) atoms. The average Bonchev–Trinajstić information content (AvgIpc) is 3.27. The van der Waals surface area contributed by atoms with Gasteiger partial charge >= 0.3 is 0 Å². The molecule has 2 heterocycles. The zero-order valence-corrected chi connectivity index (χ0v) is 23.3. The summed E-state index contributed by atoms with van der Waals surface area (Å²) in [6, 6.07) is 23.4. The molecule has 2 saturated heterocycles. The van der Waals surface area contributed by atoms with Crippen LogP contribution in [0, 0.1) is 0 Å². The molecule has 0 spiro atoms. The van der Waals surface area contributed by atoms with E-state index in [1.165, 1.54) is 0 Å². The molecule has 0 radical (unpaired) electrons. The van der Waals surface area contributed by atoms with Crippen molar-refractivity contribution in [2.24, 2.45) is 0 Å². The second-order valence-corrected chi connectivity index (χ2v) is 10.1. The number of benzene rings is 3. The number of rotatable bonds is 11. The molecular weight excluding hydrogens is 520 g/mol. The third-order valence-corrected chi connectivity index (χ3v) is 7.38. The van der Waals surface area contributed by atoms with Crippen molar-refractivity contribution in [3.05, 3.63) is 101 Å². The molecule has 0 bridgehead atoms. The Morgan fingerprint density at radius 3 is 2.32 bits per heavy atom. The minimum absolute atomic E-state index is 0.0768. The van der Waals surface area contributed by atoms with Gasteiger partial charge in [0.2, 0.25) is 0 Å². The van der Waals surface area contributed by atoms with Crippen LogP contribution in [0.2, 0.25) is 0 Å². The number of carbonyl (C=O) groups excluding carboxylic acids is 2. The van der Waals surface area contributed by atoms with Gasteiger partial charge in [-0.3, -0.25) is 14.5 Å². The SMILES string of the molecule is CCOc1cc(C2/C(=C(\O)c3ccccc3)C(=O)C(=O)N2CCCN2CCOCC2)ccc1OCc1ccccc1. The largest absolute Gasteiger partial charge is 0.507 e. The van der Waals surface area contributed by atoms with Crippen molar-refractivity contribution in [2.75, 3.05) is 46.0 Å². The number of amides is 1. The fourth-order valence-corrected chi connectivity index (χ4v) is 5.32. The van der Waals surface area contributed by atoms with Gasteiger partial charge in [0.05, 0.1) is 31.4 Å². The summed E-state index contributed by atoms with van der Waals surface area (Å²) in [6.07, 6.45) is 0.686. The standard InChI is InChI=1S/C33H36N2O6/c1-2-40-28-22-26(14-15-27(28)41-23-24-10-5-3-6-11-24)30-29(31(36)25-12-7-4-8-13-25)32(37)33(38)35(30)17-9-16-34-18-20-39-21-19-34/h3-8,10-15,22,30,36H,2,9,16-21,23H2,1H3/b31-29+. The van der Waals surface area contributed by atoms with Gasteiger partial charge in [0.25, 0.3) is 11.7 Å². The Balaban J connectivity index is 1.48. The third kappa shape index (κ3) is 6.61. The number of carbonyl (C=O) groups is 2. The molecule has 3 aromatic rings. The fraction of sp³-hybridized carbons (Fsp3) is 0.333. The van der Waals surface area contributed by atoms with Crippen LogP contribution >= 0.6 is 0 Å². The Labute approximate surface area is 240 Å². The summed E-state index contributed by atoms with van der Waals surface area (Å²) >= 11 is 0. The lowest BCUT2D eigenvalue weighted by molar-refractivity contribution is -0.140. The molecule has 1 amide bonds. The predicted molar refractivity (Wildman–Crippen MR) is 156 cm³/mol. The molecule has 3 aromatic carbocycles. The van der Waals surface area contributed by atoms with Crippen LogP contribution in [0.5, 0.6) is 11.5 Å². The quantitative estimate of drug-likeness (QED) is 0.206. The first kappa shape index (κ1) is 28.4. The van der Waals surface area contributed by atoms with Gasteiger partial charge in [-0.2, -0.15) is 0 Å². The van der Waals surface area contributed by atoms with Gasteiger partial charge in [-0.1, -0.05) is 66.7 Å². The van der Waals surface area contributed by atoms with E-state index in [2.05, 4.69) is 4.90 Å². The van der Waals surface area contributed by atoms with Crippen molar-refractivity contribution < 1.29 is 28.9 Å². The monoisotopic (exact) mass is 556 g/mol. The number of hydrogen-bond acceptors (Lipinski definition) is 7. The van der Waals surface area contributed by atoms with Crippen molar-refractivity contribution >= 4 is 17.4 Å². The maximum atomic E-state index is 13.4. The number of morpholine rings is 1. The van der Waals surface area contributed by atoms with Crippen LogP contribution in [0.25, 0.3) is 5.76 Å². The van der Waals surface area contributed by atoms with Crippen LogP contribution in [0.15, 0.2) is 84.4 Å². The Bertz CT molecular complexity index is 1370. The normalized spacial score (nSPS) is 19.0. The molecule has 0 aliphatic carbocycles. The maximum Gasteiger partial charge on any atom is 0.295 e. The molecule has 8 nitrogen and oxygen atoms in total. The Kier molecular flexibility index (Phi) is 9.33. The number of aliphatic hydroxyl groups is 1. The van der Waals surface area contributed by atoms with Crippen LogP contribution in [-0.2, 0) is 20.9 Å². The number of hydrogen-bond donors (Lipinski definition) is 1. The Morgan fingerprint density at radius 1 is 0.902 bits per heavy atom. The fourth-order valence-electron chi connectivity index (χ4n) is 5.32. The summed E-state index contributed by atoms with van der Waals surface area (Å²) in [4.78, 5) is 30.7. The lowest BCUT2D eigenvalue weighted by atomic mass is 9.95. The van der Waals surface area contributed by atoms with E-state index in [4.69, 9.17) is 14.2 Å². The van der Waals surface area contributed by atoms with E-state index >= 15 is 0 Å². The van der Waals surface area contributed by atoms with Crippen molar-refractivity contribution in [2.45, 2.75) is 26.0 Å². The van der Waals surface area contributed by atoms with E-state index in [1.807, 2.05) is 55.5 Å². The van der Waals surface area contributed by atoms with Crippen LogP contribution in [0.1, 0.15) is 36.1 Å². The molecule has 2 fully saturated rings. The molecule has 8 heteroatoms. The number of ether oxygens (including phenoxy) is 3. The van der Waals surface area contributed by atoms with E-state index in [9.17, 15) is 14.7 Å². The second kappa shape index (κ2) is 13.5. The topological polar surface area (TPSA) is 88.5 Å². The third-order valence-electron chi connectivity index (χ3n) is 7.38. The van der Waals surface area contributed by atoms with E-state index in [-0.39, 0.29) is 11.3 Å². The zero-order valence-electron chi connectivity index (χ0n) is 23.3. The van der Waals surface area contributed by atoms with Crippen LogP contribution in [-0.4, -0.2) is 72.6 Å². The highest BCUT2D eigenvalue weighted by Gasteiger charge is 2.46. The van der Waals surface area contributed by atoms with Crippen LogP contribution in [0.4, 0.5) is 0 Å². The summed E-state index contributed by atoms with van der Waals surface area (Å²) in [5, 5.41) is 11.3. The lowest BCUT2D eigenvalue weighted by Gasteiger charge is -2.29. The van der Waals surface area contributed by atoms with Crippen molar-refractivity contribution in [3.63, 3.8) is 0 Å². The molecule has 5 rings (SSSR count). The second-order valence-electron chi connectivity index (χ2n) is 10.1. The van der Waals surface area contributed by atoms with Gasteiger partial charge in [0.1, 0.15) is 12.4 Å². The van der Waals surface area contributed by atoms with E-state index in [1.54, 1.807) is 35.2 Å². The van der Waals surface area contributed by atoms with Crippen molar-refractivity contribution in [1.82, 2.24) is 9.80 Å². The molecule has 214 valence electrons. The van der Waals surface area contributed by atoms with Gasteiger partial charge in [-0.15, -0.1) is 0 Å². The van der Waals surface area contributed by atoms with Gasteiger partial charge in [-0.25, -0.2) is 0 Å². The van der Waals surface area contributed by atoms with Crippen LogP contribution in [0.3, 0.4) is 0 Å². The Hall–Kier alpha value is -4.14.